The van der Waals surface area contributed by atoms with Crippen LogP contribution in [0.3, 0.4) is 0 Å². The Morgan fingerprint density at radius 3 is 2.69 bits per heavy atom. The summed E-state index contributed by atoms with van der Waals surface area (Å²) in [5.41, 5.74) is 3.65. The maximum absolute atomic E-state index is 13.1. The molecule has 2 heterocycles. The smallest absolute Gasteiger partial charge is 0.253 e. The van der Waals surface area contributed by atoms with Crippen LogP contribution in [0.25, 0.3) is 0 Å². The van der Waals surface area contributed by atoms with E-state index < -0.39 is 0 Å². The fraction of sp³-hybridized carbons (Fsp3) is 0.462. The van der Waals surface area contributed by atoms with E-state index in [0.717, 1.165) is 51.9 Å². The van der Waals surface area contributed by atoms with Gasteiger partial charge < -0.3 is 15.4 Å². The van der Waals surface area contributed by atoms with Crippen LogP contribution >= 0.6 is 0 Å². The average molecular weight is 436 g/mol. The van der Waals surface area contributed by atoms with E-state index >= 15 is 0 Å². The Balaban J connectivity index is 1.36. The molecule has 0 radical (unpaired) electrons. The maximum atomic E-state index is 13.1. The summed E-state index contributed by atoms with van der Waals surface area (Å²) >= 11 is 0. The Morgan fingerprint density at radius 1 is 1.06 bits per heavy atom. The highest BCUT2D eigenvalue weighted by atomic mass is 16.5. The molecule has 6 heteroatoms. The monoisotopic (exact) mass is 435 g/mol. The molecule has 0 spiro atoms. The van der Waals surface area contributed by atoms with Crippen molar-refractivity contribution < 1.29 is 14.3 Å². The first-order valence-electron chi connectivity index (χ1n) is 11.7. The zero-order valence-corrected chi connectivity index (χ0v) is 18.8. The first-order chi connectivity index (χ1) is 15.6. The zero-order chi connectivity index (χ0) is 22.3. The van der Waals surface area contributed by atoms with Crippen molar-refractivity contribution in [3.8, 4) is 0 Å². The van der Waals surface area contributed by atoms with Gasteiger partial charge in [-0.05, 0) is 62.4 Å². The van der Waals surface area contributed by atoms with Gasteiger partial charge in [-0.15, -0.1) is 0 Å². The predicted octanol–water partition coefficient (Wildman–Crippen LogP) is 3.75. The lowest BCUT2D eigenvalue weighted by atomic mass is 9.96. The van der Waals surface area contributed by atoms with Crippen molar-refractivity contribution in [2.24, 2.45) is 5.92 Å². The number of benzene rings is 2. The number of carbonyl (C=O) groups excluding carboxylic acids is 2. The molecule has 2 aromatic carbocycles. The SMILES string of the molecule is Cc1ccccc1CN1CCCC(C(=O)Nc2ccccc2C(=O)NCC2CCCO2)C1. The van der Waals surface area contributed by atoms with E-state index in [1.807, 2.05) is 12.1 Å². The second-order valence-corrected chi connectivity index (χ2v) is 8.88. The number of para-hydroxylation sites is 1. The number of anilines is 1. The largest absolute Gasteiger partial charge is 0.376 e. The summed E-state index contributed by atoms with van der Waals surface area (Å²) in [6, 6.07) is 15.6. The Labute approximate surface area is 190 Å². The maximum Gasteiger partial charge on any atom is 0.253 e. The second kappa shape index (κ2) is 10.7. The zero-order valence-electron chi connectivity index (χ0n) is 18.8. The van der Waals surface area contributed by atoms with Crippen molar-refractivity contribution in [3.63, 3.8) is 0 Å². The van der Waals surface area contributed by atoms with Crippen LogP contribution in [-0.4, -0.2) is 49.1 Å². The molecule has 2 aliphatic heterocycles. The minimum Gasteiger partial charge on any atom is -0.376 e. The standard InChI is InChI=1S/C26H33N3O3/c1-19-8-2-3-9-20(19)17-29-14-6-10-21(18-29)25(30)28-24-13-5-4-12-23(24)26(31)27-16-22-11-7-15-32-22/h2-5,8-9,12-13,21-22H,6-7,10-11,14-18H2,1H3,(H,27,31)(H,28,30). The first-order valence-corrected chi connectivity index (χ1v) is 11.7. The van der Waals surface area contributed by atoms with Crippen LogP contribution < -0.4 is 10.6 Å². The number of hydrogen-bond acceptors (Lipinski definition) is 4. The Kier molecular flexibility index (Phi) is 7.55. The molecule has 4 rings (SSSR count). The number of amides is 2. The van der Waals surface area contributed by atoms with E-state index in [9.17, 15) is 9.59 Å². The molecule has 2 saturated heterocycles. The third-order valence-corrected chi connectivity index (χ3v) is 6.48. The molecule has 2 aliphatic rings. The summed E-state index contributed by atoms with van der Waals surface area (Å²) in [7, 11) is 0. The second-order valence-electron chi connectivity index (χ2n) is 8.88. The number of nitrogens with zero attached hydrogens (tertiary/aromatic N) is 1. The molecular weight excluding hydrogens is 402 g/mol. The van der Waals surface area contributed by atoms with Gasteiger partial charge in [-0.2, -0.15) is 0 Å². The number of carbonyl (C=O) groups is 2. The van der Waals surface area contributed by atoms with Crippen molar-refractivity contribution >= 4 is 17.5 Å². The molecule has 2 atom stereocenters. The van der Waals surface area contributed by atoms with Crippen molar-refractivity contribution in [1.29, 1.82) is 0 Å². The molecule has 0 aromatic heterocycles. The van der Waals surface area contributed by atoms with Gasteiger partial charge in [-0.1, -0.05) is 36.4 Å². The van der Waals surface area contributed by atoms with Crippen LogP contribution in [0.1, 0.15) is 47.2 Å². The topological polar surface area (TPSA) is 70.7 Å². The number of nitrogens with one attached hydrogen (secondary N) is 2. The average Bonchev–Trinajstić information content (AvgIpc) is 3.33. The third-order valence-electron chi connectivity index (χ3n) is 6.48. The number of likely N-dealkylation sites (tertiary alicyclic amines) is 1. The van der Waals surface area contributed by atoms with Crippen molar-refractivity contribution in [2.45, 2.75) is 45.3 Å². The summed E-state index contributed by atoms with van der Waals surface area (Å²) in [4.78, 5) is 28.2. The Hall–Kier alpha value is -2.70. The Morgan fingerprint density at radius 2 is 1.88 bits per heavy atom. The van der Waals surface area contributed by atoms with Gasteiger partial charge in [-0.3, -0.25) is 14.5 Å². The number of rotatable bonds is 7. The number of piperidine rings is 1. The molecule has 6 nitrogen and oxygen atoms in total. The van der Waals surface area contributed by atoms with Crippen LogP contribution in [-0.2, 0) is 16.1 Å². The highest BCUT2D eigenvalue weighted by Crippen LogP contribution is 2.23. The van der Waals surface area contributed by atoms with Crippen LogP contribution in [0.4, 0.5) is 5.69 Å². The third kappa shape index (κ3) is 5.75. The molecule has 0 bridgehead atoms. The first kappa shape index (κ1) is 22.5. The quantitative estimate of drug-likeness (QED) is 0.695. The van der Waals surface area contributed by atoms with Crippen molar-refractivity contribution in [3.05, 3.63) is 65.2 Å². The van der Waals surface area contributed by atoms with Gasteiger partial charge in [0, 0.05) is 26.2 Å². The van der Waals surface area contributed by atoms with Gasteiger partial charge in [0.15, 0.2) is 0 Å². The van der Waals surface area contributed by atoms with Crippen molar-refractivity contribution in [2.75, 3.05) is 31.6 Å². The molecule has 2 amide bonds. The van der Waals surface area contributed by atoms with Gasteiger partial charge >= 0.3 is 0 Å². The lowest BCUT2D eigenvalue weighted by Gasteiger charge is -2.32. The minimum absolute atomic E-state index is 0.0149. The minimum atomic E-state index is -0.179. The van der Waals surface area contributed by atoms with Crippen LogP contribution in [0.15, 0.2) is 48.5 Å². The van der Waals surface area contributed by atoms with Crippen LogP contribution in [0.2, 0.25) is 0 Å². The highest BCUT2D eigenvalue weighted by Gasteiger charge is 2.27. The highest BCUT2D eigenvalue weighted by molar-refractivity contribution is 6.04. The van der Waals surface area contributed by atoms with E-state index in [2.05, 4.69) is 46.7 Å². The summed E-state index contributed by atoms with van der Waals surface area (Å²) in [6.07, 6.45) is 3.95. The lowest BCUT2D eigenvalue weighted by Crippen LogP contribution is -2.40. The van der Waals surface area contributed by atoms with E-state index in [4.69, 9.17) is 4.74 Å². The van der Waals surface area contributed by atoms with Crippen LogP contribution in [0, 0.1) is 12.8 Å². The van der Waals surface area contributed by atoms with Crippen molar-refractivity contribution in [1.82, 2.24) is 10.2 Å². The van der Waals surface area contributed by atoms with E-state index in [-0.39, 0.29) is 23.8 Å². The van der Waals surface area contributed by atoms with Gasteiger partial charge in [0.25, 0.3) is 5.91 Å². The molecule has 32 heavy (non-hydrogen) atoms. The number of ether oxygens (including phenoxy) is 1. The van der Waals surface area contributed by atoms with E-state index in [1.165, 1.54) is 11.1 Å². The molecule has 2 unspecified atom stereocenters. The van der Waals surface area contributed by atoms with Gasteiger partial charge in [-0.25, -0.2) is 0 Å². The Bertz CT molecular complexity index is 939. The lowest BCUT2D eigenvalue weighted by molar-refractivity contribution is -0.121. The summed E-state index contributed by atoms with van der Waals surface area (Å²) < 4.78 is 5.58. The van der Waals surface area contributed by atoms with E-state index in [0.29, 0.717) is 17.8 Å². The molecule has 2 aromatic rings. The van der Waals surface area contributed by atoms with Gasteiger partial charge in [0.2, 0.25) is 5.91 Å². The van der Waals surface area contributed by atoms with Crippen LogP contribution in [0.5, 0.6) is 0 Å². The predicted molar refractivity (Wildman–Crippen MR) is 126 cm³/mol. The normalized spacial score (nSPS) is 21.3. The summed E-state index contributed by atoms with van der Waals surface area (Å²) in [5, 5.41) is 5.98. The van der Waals surface area contributed by atoms with Gasteiger partial charge in [0.05, 0.1) is 23.3 Å². The van der Waals surface area contributed by atoms with Gasteiger partial charge in [0.1, 0.15) is 0 Å². The molecule has 0 aliphatic carbocycles. The number of aryl methyl sites for hydroxylation is 1. The molecular formula is C26H33N3O3. The summed E-state index contributed by atoms with van der Waals surface area (Å²) in [5.74, 6) is -0.282. The molecule has 0 saturated carbocycles. The fourth-order valence-electron chi connectivity index (χ4n) is 4.57. The summed E-state index contributed by atoms with van der Waals surface area (Å²) in [6.45, 7) is 5.98. The van der Waals surface area contributed by atoms with E-state index in [1.54, 1.807) is 12.1 Å². The molecule has 170 valence electrons. The molecule has 2 fully saturated rings. The fourth-order valence-corrected chi connectivity index (χ4v) is 4.57. The number of hydrogen-bond donors (Lipinski definition) is 2. The molecule has 2 N–H and O–H groups in total.